The Hall–Kier alpha value is -2.84. The van der Waals surface area contributed by atoms with E-state index in [9.17, 15) is 9.59 Å². The third-order valence-electron chi connectivity index (χ3n) is 7.78. The Morgan fingerprint density at radius 1 is 0.897 bits per heavy atom. The van der Waals surface area contributed by atoms with Crippen LogP contribution in [0.4, 0.5) is 4.79 Å². The zero-order valence-corrected chi connectivity index (χ0v) is 24.3. The summed E-state index contributed by atoms with van der Waals surface area (Å²) in [7, 11) is -0.296. The first kappa shape index (κ1) is 29.2. The van der Waals surface area contributed by atoms with E-state index in [1.54, 1.807) is 4.90 Å². The van der Waals surface area contributed by atoms with Gasteiger partial charge in [0.15, 0.2) is 6.10 Å². The van der Waals surface area contributed by atoms with E-state index in [0.29, 0.717) is 19.2 Å². The van der Waals surface area contributed by atoms with Gasteiger partial charge in [-0.15, -0.1) is 0 Å². The van der Waals surface area contributed by atoms with Gasteiger partial charge in [0.25, 0.3) is 0 Å². The van der Waals surface area contributed by atoms with Gasteiger partial charge in [0.05, 0.1) is 11.2 Å². The summed E-state index contributed by atoms with van der Waals surface area (Å²) in [6.07, 6.45) is 1.44. The summed E-state index contributed by atoms with van der Waals surface area (Å²) in [5.41, 5.74) is 0.226. The first-order chi connectivity index (χ1) is 18.3. The fourth-order valence-electron chi connectivity index (χ4n) is 5.14. The van der Waals surface area contributed by atoms with Gasteiger partial charge in [-0.05, 0) is 72.3 Å². The minimum Gasteiger partial charge on any atom is -0.453 e. The van der Waals surface area contributed by atoms with Crippen LogP contribution in [0.3, 0.4) is 0 Å². The Kier molecular flexibility index (Phi) is 8.48. The predicted molar refractivity (Wildman–Crippen MR) is 151 cm³/mol. The van der Waals surface area contributed by atoms with E-state index in [1.807, 2.05) is 109 Å². The molecule has 2 aliphatic rings. The summed E-state index contributed by atoms with van der Waals surface area (Å²) >= 11 is 0. The highest BCUT2D eigenvalue weighted by molar-refractivity contribution is 6.45. The van der Waals surface area contributed by atoms with Crippen molar-refractivity contribution in [1.82, 2.24) is 4.90 Å². The lowest BCUT2D eigenvalue weighted by Gasteiger charge is -2.45. The van der Waals surface area contributed by atoms with Gasteiger partial charge < -0.3 is 18.8 Å². The minimum atomic E-state index is -0.775. The van der Waals surface area contributed by atoms with Crippen molar-refractivity contribution in [1.29, 1.82) is 0 Å². The molecule has 3 atom stereocenters. The second-order valence-corrected chi connectivity index (χ2v) is 12.5. The summed E-state index contributed by atoms with van der Waals surface area (Å²) < 4.78 is 24.2. The van der Waals surface area contributed by atoms with Gasteiger partial charge in [-0.2, -0.15) is 0 Å². The van der Waals surface area contributed by atoms with E-state index in [-0.39, 0.29) is 18.3 Å². The van der Waals surface area contributed by atoms with Crippen LogP contribution in [0.1, 0.15) is 91.0 Å². The van der Waals surface area contributed by atoms with Crippen molar-refractivity contribution in [3.63, 3.8) is 0 Å². The van der Waals surface area contributed by atoms with Crippen LogP contribution >= 0.6 is 0 Å². The Morgan fingerprint density at radius 2 is 1.44 bits per heavy atom. The lowest BCUT2D eigenvalue weighted by molar-refractivity contribution is -0.174. The molecule has 39 heavy (non-hydrogen) atoms. The molecule has 2 aromatic rings. The number of carbonyl (C=O) groups excluding carboxylic acids is 2. The van der Waals surface area contributed by atoms with Crippen molar-refractivity contribution in [2.45, 2.75) is 109 Å². The van der Waals surface area contributed by atoms with E-state index < -0.39 is 35.9 Å². The van der Waals surface area contributed by atoms with E-state index in [0.717, 1.165) is 17.5 Å². The van der Waals surface area contributed by atoms with Crippen molar-refractivity contribution < 1.29 is 28.4 Å². The summed E-state index contributed by atoms with van der Waals surface area (Å²) in [5, 5.41) is 0. The maximum absolute atomic E-state index is 13.8. The van der Waals surface area contributed by atoms with Crippen LogP contribution in [0.2, 0.25) is 6.32 Å². The number of rotatable bonds is 7. The van der Waals surface area contributed by atoms with E-state index in [2.05, 4.69) is 0 Å². The summed E-state index contributed by atoms with van der Waals surface area (Å²) in [5.74, 6) is -0.419. The second kappa shape index (κ2) is 11.3. The fraction of sp³-hybridized carbons (Fsp3) is 0.548. The van der Waals surface area contributed by atoms with Crippen molar-refractivity contribution in [2.75, 3.05) is 0 Å². The quantitative estimate of drug-likeness (QED) is 0.218. The maximum atomic E-state index is 13.8. The Balaban J connectivity index is 1.58. The fourth-order valence-corrected chi connectivity index (χ4v) is 5.14. The number of hydrogen-bond acceptors (Lipinski definition) is 6. The number of esters is 1. The first-order valence-electron chi connectivity index (χ1n) is 14.0. The molecule has 0 radical (unpaired) electrons. The van der Waals surface area contributed by atoms with E-state index >= 15 is 0 Å². The van der Waals surface area contributed by atoms with Gasteiger partial charge in [-0.25, -0.2) is 9.59 Å². The number of amides is 1. The SMILES string of the molecule is CC(C)(C)OC(=O)N1C(c2ccccc2)[C@H](c2ccccc2)OC(=O)[C@H]1CCCCB1OC(C)(C)C(C)(C)O1. The lowest BCUT2D eigenvalue weighted by Crippen LogP contribution is -2.55. The molecule has 210 valence electrons. The van der Waals surface area contributed by atoms with Crippen LogP contribution in [-0.2, 0) is 23.6 Å². The first-order valence-corrected chi connectivity index (χ1v) is 14.0. The third-order valence-corrected chi connectivity index (χ3v) is 7.78. The molecule has 1 unspecified atom stereocenters. The van der Waals surface area contributed by atoms with Gasteiger partial charge >= 0.3 is 19.2 Å². The molecule has 0 N–H and O–H groups in total. The second-order valence-electron chi connectivity index (χ2n) is 12.5. The van der Waals surface area contributed by atoms with Crippen LogP contribution in [0.15, 0.2) is 60.7 Å². The smallest absolute Gasteiger partial charge is 0.453 e. The lowest BCUT2D eigenvalue weighted by atomic mass is 9.81. The van der Waals surface area contributed by atoms with Crippen molar-refractivity contribution in [2.24, 2.45) is 0 Å². The molecule has 0 saturated carbocycles. The number of ether oxygens (including phenoxy) is 2. The number of morpholine rings is 1. The highest BCUT2D eigenvalue weighted by Crippen LogP contribution is 2.44. The number of cyclic esters (lactones) is 1. The summed E-state index contributed by atoms with van der Waals surface area (Å²) in [6.45, 7) is 13.7. The molecule has 2 aliphatic heterocycles. The van der Waals surface area contributed by atoms with Crippen molar-refractivity contribution >= 4 is 19.2 Å². The topological polar surface area (TPSA) is 74.3 Å². The molecule has 2 fully saturated rings. The Bertz CT molecular complexity index is 1110. The molecule has 0 aromatic heterocycles. The highest BCUT2D eigenvalue weighted by Gasteiger charge is 2.51. The average Bonchev–Trinajstić information content (AvgIpc) is 3.07. The van der Waals surface area contributed by atoms with Crippen LogP contribution in [0.5, 0.6) is 0 Å². The molecule has 4 rings (SSSR count). The van der Waals surface area contributed by atoms with Gasteiger partial charge in [0.1, 0.15) is 17.7 Å². The van der Waals surface area contributed by atoms with Gasteiger partial charge in [-0.1, -0.05) is 73.5 Å². The molecule has 2 aromatic carbocycles. The van der Waals surface area contributed by atoms with Gasteiger partial charge in [-0.3, -0.25) is 4.90 Å². The standard InChI is InChI=1S/C31H42BNO6/c1-29(2,3)37-28(35)33-24(20-14-15-21-32-38-30(4,5)31(6,7)39-32)27(34)36-26(23-18-12-9-13-19-23)25(33)22-16-10-8-11-17-22/h8-13,16-19,24-26H,14-15,20-21H2,1-7H3/t24-,25?,26+/m1/s1. The Morgan fingerprint density at radius 3 is 1.97 bits per heavy atom. The molecular weight excluding hydrogens is 493 g/mol. The molecule has 0 spiro atoms. The maximum Gasteiger partial charge on any atom is 0.457 e. The average molecular weight is 535 g/mol. The van der Waals surface area contributed by atoms with E-state index in [4.69, 9.17) is 18.8 Å². The normalized spacial score (nSPS) is 24.4. The largest absolute Gasteiger partial charge is 0.457 e. The molecule has 0 aliphatic carbocycles. The van der Waals surface area contributed by atoms with Crippen LogP contribution in [-0.4, -0.2) is 46.9 Å². The van der Waals surface area contributed by atoms with Crippen LogP contribution in [0, 0.1) is 0 Å². The van der Waals surface area contributed by atoms with Crippen LogP contribution < -0.4 is 0 Å². The molecule has 7 nitrogen and oxygen atoms in total. The Labute approximate surface area is 233 Å². The number of hydrogen-bond donors (Lipinski definition) is 0. The zero-order chi connectivity index (χ0) is 28.4. The third kappa shape index (κ3) is 6.67. The zero-order valence-electron chi connectivity index (χ0n) is 24.3. The highest BCUT2D eigenvalue weighted by atomic mass is 16.7. The summed E-state index contributed by atoms with van der Waals surface area (Å²) in [4.78, 5) is 28.9. The number of nitrogens with zero attached hydrogens (tertiary/aromatic N) is 1. The van der Waals surface area contributed by atoms with Gasteiger partial charge in [0, 0.05) is 0 Å². The van der Waals surface area contributed by atoms with E-state index in [1.165, 1.54) is 0 Å². The minimum absolute atomic E-state index is 0.296. The molecule has 2 saturated heterocycles. The molecule has 8 heteroatoms. The monoisotopic (exact) mass is 535 g/mol. The molecule has 0 bridgehead atoms. The van der Waals surface area contributed by atoms with Crippen molar-refractivity contribution in [3.05, 3.63) is 71.8 Å². The molecular formula is C31H42BNO6. The number of carbonyl (C=O) groups is 2. The van der Waals surface area contributed by atoms with Gasteiger partial charge in [0.2, 0.25) is 0 Å². The summed E-state index contributed by atoms with van der Waals surface area (Å²) in [6, 6.07) is 18.0. The van der Waals surface area contributed by atoms with Crippen LogP contribution in [0.25, 0.3) is 0 Å². The molecule has 2 heterocycles. The number of benzene rings is 2. The van der Waals surface area contributed by atoms with Crippen molar-refractivity contribution in [3.8, 4) is 0 Å². The predicted octanol–water partition coefficient (Wildman–Crippen LogP) is 6.89. The molecule has 1 amide bonds. The number of unbranched alkanes of at least 4 members (excludes halogenated alkanes) is 1.